The normalized spacial score (nSPS) is 12.1. The zero-order chi connectivity index (χ0) is 26.4. The number of benzene rings is 2. The van der Waals surface area contributed by atoms with Crippen molar-refractivity contribution in [3.8, 4) is 10.4 Å². The molecule has 0 saturated heterocycles. The first-order valence-electron chi connectivity index (χ1n) is 11.4. The van der Waals surface area contributed by atoms with E-state index in [2.05, 4.69) is 25.6 Å². The topological polar surface area (TPSA) is 131 Å². The van der Waals surface area contributed by atoms with E-state index in [0.29, 0.717) is 18.8 Å². The summed E-state index contributed by atoms with van der Waals surface area (Å²) in [6.07, 6.45) is 3.71. The van der Waals surface area contributed by atoms with Gasteiger partial charge >= 0.3 is 0 Å². The molecule has 0 saturated carbocycles. The average molecular weight is 522 g/mol. The van der Waals surface area contributed by atoms with Gasteiger partial charge in [0, 0.05) is 34.0 Å². The minimum Gasteiger partial charge on any atom is -0.391 e. The predicted octanol–water partition coefficient (Wildman–Crippen LogP) is 4.23. The van der Waals surface area contributed by atoms with Gasteiger partial charge in [-0.25, -0.2) is 23.7 Å². The second kappa shape index (κ2) is 11.6. The largest absolute Gasteiger partial charge is 0.391 e. The van der Waals surface area contributed by atoms with Crippen LogP contribution in [0, 0.1) is 11.6 Å². The standard InChI is InChI=1S/C26H25F2N7OS/c1-2-7-31-25(23(29)26(36)33-12-15-8-17(27)11-18(28)9-15)32-13-19-4-6-22(37-19)16-3-5-21-20(10-16)24(30)35-14-34-21/h3-11,14,32H,2,12-13,29H2,1H3,(H,33,36)(H2,30,34,35)/b25-23+,31-7?. The zero-order valence-corrected chi connectivity index (χ0v) is 20.8. The second-order valence-electron chi connectivity index (χ2n) is 8.05. The van der Waals surface area contributed by atoms with Crippen LogP contribution in [0.4, 0.5) is 14.6 Å². The van der Waals surface area contributed by atoms with Gasteiger partial charge in [0.25, 0.3) is 5.91 Å². The number of nitrogens with one attached hydrogen (secondary N) is 2. The van der Waals surface area contributed by atoms with Crippen molar-refractivity contribution in [3.05, 3.63) is 88.5 Å². The van der Waals surface area contributed by atoms with Gasteiger partial charge in [0.2, 0.25) is 0 Å². The van der Waals surface area contributed by atoms with Gasteiger partial charge in [0.05, 0.1) is 12.1 Å². The summed E-state index contributed by atoms with van der Waals surface area (Å²) < 4.78 is 26.8. The Balaban J connectivity index is 1.46. The lowest BCUT2D eigenvalue weighted by Crippen LogP contribution is -2.31. The van der Waals surface area contributed by atoms with E-state index < -0.39 is 17.5 Å². The molecule has 2 aromatic carbocycles. The first-order valence-corrected chi connectivity index (χ1v) is 12.2. The molecule has 8 nitrogen and oxygen atoms in total. The number of thiophene rings is 1. The fraction of sp³-hybridized carbons (Fsp3) is 0.154. The number of carbonyl (C=O) groups is 1. The zero-order valence-electron chi connectivity index (χ0n) is 20.0. The van der Waals surface area contributed by atoms with Crippen molar-refractivity contribution in [2.75, 3.05) is 5.73 Å². The summed E-state index contributed by atoms with van der Waals surface area (Å²) in [7, 11) is 0. The molecule has 4 rings (SSSR count). The van der Waals surface area contributed by atoms with E-state index in [0.717, 1.165) is 44.4 Å². The smallest absolute Gasteiger partial charge is 0.271 e. The first kappa shape index (κ1) is 25.7. The Hall–Kier alpha value is -4.38. The molecule has 0 bridgehead atoms. The van der Waals surface area contributed by atoms with E-state index in [1.165, 1.54) is 6.33 Å². The predicted molar refractivity (Wildman–Crippen MR) is 142 cm³/mol. The Kier molecular flexibility index (Phi) is 8.04. The molecule has 0 aliphatic heterocycles. The molecule has 190 valence electrons. The van der Waals surface area contributed by atoms with Crippen LogP contribution in [0.1, 0.15) is 23.8 Å². The van der Waals surface area contributed by atoms with E-state index >= 15 is 0 Å². The van der Waals surface area contributed by atoms with Crippen molar-refractivity contribution in [1.29, 1.82) is 0 Å². The number of anilines is 1. The van der Waals surface area contributed by atoms with Gasteiger partial charge < -0.3 is 22.1 Å². The van der Waals surface area contributed by atoms with Crippen LogP contribution < -0.4 is 22.1 Å². The molecule has 0 fully saturated rings. The van der Waals surface area contributed by atoms with Gasteiger partial charge in [-0.15, -0.1) is 11.3 Å². The number of fused-ring (bicyclic) bond motifs is 1. The van der Waals surface area contributed by atoms with Gasteiger partial charge in [-0.2, -0.15) is 0 Å². The van der Waals surface area contributed by atoms with E-state index in [4.69, 9.17) is 11.5 Å². The van der Waals surface area contributed by atoms with Gasteiger partial charge in [0.15, 0.2) is 5.82 Å². The quantitative estimate of drug-likeness (QED) is 0.193. The minimum absolute atomic E-state index is 0.0887. The molecule has 11 heteroatoms. The third-order valence-corrected chi connectivity index (χ3v) is 6.45. The third kappa shape index (κ3) is 6.44. The monoisotopic (exact) mass is 521 g/mol. The summed E-state index contributed by atoms with van der Waals surface area (Å²) in [5.74, 6) is -1.43. The highest BCUT2D eigenvalue weighted by molar-refractivity contribution is 7.15. The maximum absolute atomic E-state index is 13.4. The summed E-state index contributed by atoms with van der Waals surface area (Å²) >= 11 is 1.57. The van der Waals surface area contributed by atoms with E-state index in [1.807, 2.05) is 37.3 Å². The van der Waals surface area contributed by atoms with Crippen LogP contribution in [0.2, 0.25) is 0 Å². The van der Waals surface area contributed by atoms with Gasteiger partial charge in [-0.1, -0.05) is 13.0 Å². The van der Waals surface area contributed by atoms with Gasteiger partial charge in [0.1, 0.15) is 29.5 Å². The van der Waals surface area contributed by atoms with E-state index in [-0.39, 0.29) is 23.6 Å². The summed E-state index contributed by atoms with van der Waals surface area (Å²) in [6.45, 7) is 2.19. The summed E-state index contributed by atoms with van der Waals surface area (Å²) in [6, 6.07) is 12.8. The lowest BCUT2D eigenvalue weighted by atomic mass is 10.1. The number of carbonyl (C=O) groups excluding carboxylic acids is 1. The summed E-state index contributed by atoms with van der Waals surface area (Å²) in [5.41, 5.74) is 14.0. The van der Waals surface area contributed by atoms with Crippen LogP contribution in [0.5, 0.6) is 0 Å². The fourth-order valence-electron chi connectivity index (χ4n) is 3.52. The molecule has 1 amide bonds. The maximum Gasteiger partial charge on any atom is 0.271 e. The van der Waals surface area contributed by atoms with Crippen LogP contribution in [0.3, 0.4) is 0 Å². The highest BCUT2D eigenvalue weighted by atomic mass is 32.1. The number of aliphatic imine (C=N–C) groups is 1. The highest BCUT2D eigenvalue weighted by Crippen LogP contribution is 2.31. The second-order valence-corrected chi connectivity index (χ2v) is 9.22. The Morgan fingerprint density at radius 1 is 1.05 bits per heavy atom. The number of aromatic nitrogens is 2. The molecule has 0 unspecified atom stereocenters. The van der Waals surface area contributed by atoms with Gasteiger partial charge in [-0.3, -0.25) is 4.79 Å². The number of hydrogen-bond donors (Lipinski definition) is 4. The molecule has 37 heavy (non-hydrogen) atoms. The van der Waals surface area contributed by atoms with Crippen LogP contribution >= 0.6 is 11.3 Å². The highest BCUT2D eigenvalue weighted by Gasteiger charge is 2.13. The van der Waals surface area contributed by atoms with Crippen LogP contribution in [-0.2, 0) is 17.9 Å². The molecule has 4 aromatic rings. The lowest BCUT2D eigenvalue weighted by Gasteiger charge is -2.11. The minimum atomic E-state index is -0.724. The van der Waals surface area contributed by atoms with E-state index in [1.54, 1.807) is 17.6 Å². The Morgan fingerprint density at radius 3 is 2.59 bits per heavy atom. The Morgan fingerprint density at radius 2 is 1.84 bits per heavy atom. The Labute approximate surface area is 216 Å². The van der Waals surface area contributed by atoms with E-state index in [9.17, 15) is 13.6 Å². The fourth-order valence-corrected chi connectivity index (χ4v) is 4.46. The number of nitrogens with zero attached hydrogens (tertiary/aromatic N) is 3. The number of nitrogens with two attached hydrogens (primary N) is 2. The molecule has 0 aliphatic carbocycles. The van der Waals surface area contributed by atoms with Crippen LogP contribution in [0.25, 0.3) is 21.3 Å². The van der Waals surface area contributed by atoms with Crippen molar-refractivity contribution >= 4 is 40.2 Å². The maximum atomic E-state index is 13.4. The molecular formula is C26H25F2N7OS. The molecule has 0 aliphatic rings. The first-order chi connectivity index (χ1) is 17.8. The lowest BCUT2D eigenvalue weighted by molar-refractivity contribution is -0.117. The summed E-state index contributed by atoms with van der Waals surface area (Å²) in [5, 5.41) is 6.47. The number of nitrogen functional groups attached to an aromatic ring is 1. The van der Waals surface area contributed by atoms with Crippen LogP contribution in [-0.4, -0.2) is 22.1 Å². The molecule has 6 N–H and O–H groups in total. The van der Waals surface area contributed by atoms with Crippen molar-refractivity contribution < 1.29 is 13.6 Å². The number of rotatable bonds is 9. The molecule has 0 spiro atoms. The SMILES string of the molecule is CCC=N/C(NCc1ccc(-c2ccc3ncnc(N)c3c2)s1)=C(\N)C(=O)NCc1cc(F)cc(F)c1. The van der Waals surface area contributed by atoms with Crippen molar-refractivity contribution in [3.63, 3.8) is 0 Å². The van der Waals surface area contributed by atoms with Crippen molar-refractivity contribution in [2.45, 2.75) is 26.4 Å². The molecule has 0 radical (unpaired) electrons. The average Bonchev–Trinajstić information content (AvgIpc) is 3.35. The number of halogens is 2. The van der Waals surface area contributed by atoms with Crippen molar-refractivity contribution in [1.82, 2.24) is 20.6 Å². The number of amides is 1. The Bertz CT molecular complexity index is 1480. The summed E-state index contributed by atoms with van der Waals surface area (Å²) in [4.78, 5) is 27.2. The molecule has 2 aromatic heterocycles. The van der Waals surface area contributed by atoms with Gasteiger partial charge in [-0.05, 0) is 53.9 Å². The van der Waals surface area contributed by atoms with Crippen molar-refractivity contribution in [2.24, 2.45) is 10.7 Å². The third-order valence-electron chi connectivity index (χ3n) is 5.32. The molecule has 0 atom stereocenters. The molecular weight excluding hydrogens is 496 g/mol. The number of hydrogen-bond acceptors (Lipinski definition) is 8. The molecule has 2 heterocycles. The van der Waals surface area contributed by atoms with Crippen LogP contribution in [0.15, 0.2) is 71.4 Å².